The van der Waals surface area contributed by atoms with Gasteiger partial charge in [-0.3, -0.25) is 0 Å². The number of ether oxygens (including phenoxy) is 1. The maximum absolute atomic E-state index is 7.50. The van der Waals surface area contributed by atoms with Gasteiger partial charge in [0, 0.05) is 44.7 Å². The minimum Gasteiger partial charge on any atom is -0.456 e. The third-order valence-corrected chi connectivity index (χ3v) is 11.5. The van der Waals surface area contributed by atoms with Crippen LogP contribution in [-0.2, 0) is 66.7 Å². The second kappa shape index (κ2) is 38.9. The van der Waals surface area contributed by atoms with Gasteiger partial charge in [0.15, 0.2) is 0 Å². The molecule has 0 N–H and O–H groups in total. The molecule has 0 saturated carbocycles. The molecule has 0 aliphatic heterocycles. The van der Waals surface area contributed by atoms with Gasteiger partial charge < -0.3 is 4.74 Å². The van der Waals surface area contributed by atoms with Crippen molar-refractivity contribution in [3.63, 3.8) is 0 Å². The summed E-state index contributed by atoms with van der Waals surface area (Å²) < 4.78 is 59.4. The van der Waals surface area contributed by atoms with Crippen LogP contribution >= 0.6 is 15.8 Å². The third kappa shape index (κ3) is 18.4. The fourth-order valence-corrected chi connectivity index (χ4v) is 9.48. The molecule has 0 radical (unpaired) electrons. The van der Waals surface area contributed by atoms with Crippen LogP contribution in [0.5, 0.6) is 11.5 Å². The van der Waals surface area contributed by atoms with Gasteiger partial charge in [-0.15, -0.1) is 0 Å². The summed E-state index contributed by atoms with van der Waals surface area (Å²) in [6.45, 7) is 31.5. The molecular formula is C43H28Fe2O8P2. The third-order valence-electron chi connectivity index (χ3n) is 6.49. The van der Waals surface area contributed by atoms with Crippen LogP contribution < -0.4 is 36.6 Å². The molecular weight excluding hydrogens is 818 g/mol. The fourth-order valence-electron chi connectivity index (χ4n) is 4.74. The molecule has 0 unspecified atom stereocenters. The van der Waals surface area contributed by atoms with Crippen molar-refractivity contribution < 1.29 is 71.4 Å². The molecule has 0 aliphatic carbocycles. The van der Waals surface area contributed by atoms with E-state index in [2.05, 4.69) is 216 Å². The fraction of sp³-hybridized carbons (Fsp3) is 0. The van der Waals surface area contributed by atoms with Crippen molar-refractivity contribution in [2.45, 2.75) is 0 Å². The van der Waals surface area contributed by atoms with Gasteiger partial charge in [0.2, 0.25) is 0 Å². The van der Waals surface area contributed by atoms with Crippen molar-refractivity contribution in [3.05, 3.63) is 216 Å². The molecule has 0 amide bonds. The average molecular weight is 846 g/mol. The zero-order chi connectivity index (χ0) is 40.3. The Morgan fingerprint density at radius 1 is 0.273 bits per heavy atom. The van der Waals surface area contributed by atoms with E-state index in [1.54, 1.807) is 0 Å². The van der Waals surface area contributed by atoms with E-state index < -0.39 is 15.8 Å². The van der Waals surface area contributed by atoms with Gasteiger partial charge >= 0.3 is 79.1 Å². The first-order chi connectivity index (χ1) is 26.4. The average Bonchev–Trinajstić information content (AvgIpc) is 3.29. The van der Waals surface area contributed by atoms with Crippen LogP contribution in [0.4, 0.5) is 0 Å². The van der Waals surface area contributed by atoms with Crippen LogP contribution in [0.1, 0.15) is 0 Å². The number of hydrogen-bond acceptors (Lipinski definition) is 1. The van der Waals surface area contributed by atoms with E-state index in [0.29, 0.717) is 0 Å². The van der Waals surface area contributed by atoms with Crippen molar-refractivity contribution in [1.29, 1.82) is 0 Å². The Kier molecular flexibility index (Phi) is 40.3. The van der Waals surface area contributed by atoms with Gasteiger partial charge in [-0.05, 0) is 49.2 Å². The van der Waals surface area contributed by atoms with E-state index in [0.717, 1.165) is 11.5 Å². The Balaban J connectivity index is -0.000000735. The molecule has 0 atom stereocenters. The molecule has 0 aromatic heterocycles. The van der Waals surface area contributed by atoms with E-state index in [4.69, 9.17) is 37.3 Å². The maximum atomic E-state index is 7.50. The van der Waals surface area contributed by atoms with Gasteiger partial charge in [-0.2, -0.15) is 0 Å². The molecule has 0 spiro atoms. The molecule has 0 fully saturated rings. The first-order valence-corrected chi connectivity index (χ1v) is 17.2. The van der Waals surface area contributed by atoms with E-state index in [1.807, 2.05) is 0 Å². The minimum absolute atomic E-state index is 0. The summed E-state index contributed by atoms with van der Waals surface area (Å²) in [6, 6.07) is 60.2. The van der Waals surface area contributed by atoms with Gasteiger partial charge in [0.1, 0.15) is 11.5 Å². The standard InChI is InChI=1S/C36H28OP2.7CO.2Fe/c1-5-17-29(18-6-1)38(30-19-7-2-8-20-30)35-27-15-13-25-33(35)37-34-26-14-16-28-36(34)39(31-21-9-3-10-22-31)32-23-11-4-12-24-32;7*1-2;;/h1-28H;;;;;;;;;. The van der Waals surface area contributed by atoms with Crippen molar-refractivity contribution in [1.82, 2.24) is 0 Å². The van der Waals surface area contributed by atoms with E-state index >= 15 is 0 Å². The number of para-hydroxylation sites is 2. The van der Waals surface area contributed by atoms with Gasteiger partial charge in [-0.25, -0.2) is 0 Å². The molecule has 0 heterocycles. The summed E-state index contributed by atoms with van der Waals surface area (Å²) in [5.41, 5.74) is 0. The first-order valence-electron chi connectivity index (χ1n) is 14.5. The Labute approximate surface area is 345 Å². The molecule has 0 bridgehead atoms. The second-order valence-corrected chi connectivity index (χ2v) is 13.4. The minimum atomic E-state index is -0.795. The van der Waals surface area contributed by atoms with Crippen molar-refractivity contribution >= 4 is 47.7 Å². The van der Waals surface area contributed by atoms with Crippen LogP contribution in [0, 0.1) is 46.6 Å². The number of hydrogen-bond donors (Lipinski definition) is 0. The predicted molar refractivity (Wildman–Crippen MR) is 198 cm³/mol. The van der Waals surface area contributed by atoms with Gasteiger partial charge in [0.05, 0.1) is 0 Å². The summed E-state index contributed by atoms with van der Waals surface area (Å²) in [6.07, 6.45) is 0. The van der Waals surface area contributed by atoms with Crippen LogP contribution in [0.25, 0.3) is 0 Å². The largest absolute Gasteiger partial charge is 0.456 e. The van der Waals surface area contributed by atoms with Crippen molar-refractivity contribution in [2.24, 2.45) is 0 Å². The summed E-state index contributed by atoms with van der Waals surface area (Å²) >= 11 is 0. The smallest absolute Gasteiger partial charge is 0.135 e. The topological polar surface area (TPSA) is 149 Å². The van der Waals surface area contributed by atoms with Crippen molar-refractivity contribution in [3.8, 4) is 11.5 Å². The van der Waals surface area contributed by atoms with E-state index in [9.17, 15) is 0 Å². The zero-order valence-corrected chi connectivity index (χ0v) is 32.5. The van der Waals surface area contributed by atoms with Gasteiger partial charge in [0.25, 0.3) is 0 Å². The zero-order valence-electron chi connectivity index (χ0n) is 28.5. The van der Waals surface area contributed by atoms with Crippen molar-refractivity contribution in [2.75, 3.05) is 0 Å². The van der Waals surface area contributed by atoms with Crippen LogP contribution in [-0.4, -0.2) is 0 Å². The number of benzene rings is 6. The molecule has 6 aromatic rings. The Bertz CT molecular complexity index is 1720. The predicted octanol–water partition coefficient (Wildman–Crippen LogP) is 6.73. The molecule has 274 valence electrons. The summed E-state index contributed by atoms with van der Waals surface area (Å²) in [4.78, 5) is 0. The quantitative estimate of drug-likeness (QED) is 0.0711. The molecule has 12 heteroatoms. The molecule has 0 aliphatic rings. The Hall–Kier alpha value is -4.80. The van der Waals surface area contributed by atoms with Crippen LogP contribution in [0.2, 0.25) is 0 Å². The molecule has 55 heavy (non-hydrogen) atoms. The van der Waals surface area contributed by atoms with Gasteiger partial charge in [-0.1, -0.05) is 158 Å². The summed E-state index contributed by atoms with van der Waals surface area (Å²) in [5.74, 6) is 1.81. The normalized spacial score (nSPS) is 8.07. The van der Waals surface area contributed by atoms with Crippen LogP contribution in [0.3, 0.4) is 0 Å². The summed E-state index contributed by atoms with van der Waals surface area (Å²) in [5, 5.41) is 7.64. The van der Waals surface area contributed by atoms with Crippen LogP contribution in [0.15, 0.2) is 170 Å². The Morgan fingerprint density at radius 3 is 0.673 bits per heavy atom. The number of rotatable bonds is 8. The van der Waals surface area contributed by atoms with E-state index in [-0.39, 0.29) is 34.1 Å². The first kappa shape index (κ1) is 56.9. The Morgan fingerprint density at radius 2 is 0.455 bits per heavy atom. The maximum Gasteiger partial charge on any atom is 0.135 e. The molecule has 6 rings (SSSR count). The monoisotopic (exact) mass is 846 g/mol. The second-order valence-electron chi connectivity index (χ2n) is 9.05. The SMILES string of the molecule is [C-]#[O+].[C-]#[O+].[C-]#[O+].[C-]#[O+].[C-]#[O+].[C-]#[O+].[C-]#[O+].[Fe].[Fe].c1ccc(P(c2ccccc2)c2ccccc2Oc2ccccc2P(c2ccccc2)c2ccccc2)cc1. The molecule has 6 aromatic carbocycles. The molecule has 8 nitrogen and oxygen atoms in total. The van der Waals surface area contributed by atoms with E-state index in [1.165, 1.54) is 31.8 Å². The summed E-state index contributed by atoms with van der Waals surface area (Å²) in [7, 11) is -1.59. The molecule has 0 saturated heterocycles.